The summed E-state index contributed by atoms with van der Waals surface area (Å²) in [4.78, 5) is 4.77. The van der Waals surface area contributed by atoms with Crippen LogP contribution < -0.4 is 0 Å². The largest absolute Gasteiger partial charge is 0.386 e. The van der Waals surface area contributed by atoms with Gasteiger partial charge in [0.2, 0.25) is 0 Å². The summed E-state index contributed by atoms with van der Waals surface area (Å²) in [6.45, 7) is 6.16. The zero-order valence-electron chi connectivity index (χ0n) is 22.5. The van der Waals surface area contributed by atoms with Gasteiger partial charge in [-0.2, -0.15) is 11.8 Å². The fourth-order valence-electron chi connectivity index (χ4n) is 4.87. The van der Waals surface area contributed by atoms with E-state index in [1.165, 1.54) is 35.3 Å². The van der Waals surface area contributed by atoms with E-state index in [1.54, 1.807) is 0 Å². The molecule has 3 aromatic carbocycles. The molecule has 1 atom stereocenters. The Kier molecular flexibility index (Phi) is 8.00. The summed E-state index contributed by atoms with van der Waals surface area (Å²) >= 11 is 8.26. The number of fused-ring (bicyclic) bond motifs is 1. The quantitative estimate of drug-likeness (QED) is 0.217. The van der Waals surface area contributed by atoms with E-state index < -0.39 is 5.60 Å². The number of halogens is 1. The van der Waals surface area contributed by atoms with Crippen molar-refractivity contribution >= 4 is 46.4 Å². The van der Waals surface area contributed by atoms with Gasteiger partial charge in [0.05, 0.1) is 16.8 Å². The number of aliphatic hydroxyl groups is 1. The van der Waals surface area contributed by atoms with Gasteiger partial charge in [0.15, 0.2) is 0 Å². The maximum atomic E-state index is 10.7. The monoisotopic (exact) mass is 541 g/mol. The SMILES string of the molecule is CC1(CS[C@H](CCc2ccccc2C(C)(C)O)c2cccc(/C=C/c3ccc4ccc(Cl)cc4n3)c2)CC1. The van der Waals surface area contributed by atoms with Crippen LogP contribution in [0.15, 0.2) is 78.9 Å². The van der Waals surface area contributed by atoms with Crippen molar-refractivity contribution in [2.24, 2.45) is 5.41 Å². The summed E-state index contributed by atoms with van der Waals surface area (Å²) in [5.74, 6) is 1.19. The second-order valence-electron chi connectivity index (χ2n) is 11.4. The molecule has 0 unspecified atom stereocenters. The van der Waals surface area contributed by atoms with Crippen molar-refractivity contribution < 1.29 is 5.11 Å². The molecule has 1 heterocycles. The minimum absolute atomic E-state index is 0.400. The third-order valence-electron chi connectivity index (χ3n) is 7.49. The zero-order chi connectivity index (χ0) is 26.8. The maximum absolute atomic E-state index is 10.7. The van der Waals surface area contributed by atoms with E-state index in [0.717, 1.165) is 35.0 Å². The average Bonchev–Trinajstić information content (AvgIpc) is 3.64. The van der Waals surface area contributed by atoms with Crippen molar-refractivity contribution in [3.8, 4) is 0 Å². The first-order valence-corrected chi connectivity index (χ1v) is 14.9. The molecule has 0 radical (unpaired) electrons. The highest BCUT2D eigenvalue weighted by molar-refractivity contribution is 7.99. The van der Waals surface area contributed by atoms with E-state index in [-0.39, 0.29) is 0 Å². The van der Waals surface area contributed by atoms with Crippen LogP contribution in [0, 0.1) is 5.41 Å². The van der Waals surface area contributed by atoms with Gasteiger partial charge in [-0.25, -0.2) is 4.98 Å². The Hall–Kier alpha value is -2.59. The van der Waals surface area contributed by atoms with Crippen LogP contribution in [0.5, 0.6) is 0 Å². The van der Waals surface area contributed by atoms with Crippen LogP contribution in [0.4, 0.5) is 0 Å². The minimum atomic E-state index is -0.840. The molecule has 1 aromatic heterocycles. The molecule has 0 saturated heterocycles. The molecule has 4 heteroatoms. The highest BCUT2D eigenvalue weighted by atomic mass is 35.5. The van der Waals surface area contributed by atoms with Crippen molar-refractivity contribution in [1.29, 1.82) is 0 Å². The molecular formula is C34H36ClNOS. The second-order valence-corrected chi connectivity index (χ2v) is 13.1. The molecule has 1 fully saturated rings. The number of benzene rings is 3. The molecule has 2 nitrogen and oxygen atoms in total. The Bertz CT molecular complexity index is 1450. The van der Waals surface area contributed by atoms with Gasteiger partial charge < -0.3 is 5.11 Å². The lowest BCUT2D eigenvalue weighted by molar-refractivity contribution is 0.0776. The topological polar surface area (TPSA) is 33.1 Å². The standard InChI is InChI=1S/C34H36ClNOS/c1-33(2,37)30-10-5-4-8-25(30)14-18-32(38-23-34(3)19-20-34)27-9-6-7-24(21-27)11-16-29-17-13-26-12-15-28(35)22-31(26)36-29/h4-13,15-17,21-22,32,37H,14,18-20,23H2,1-3H3/b16-11+/t32-/m1/s1. The highest BCUT2D eigenvalue weighted by Gasteiger charge is 2.37. The number of hydrogen-bond donors (Lipinski definition) is 1. The molecule has 196 valence electrons. The van der Waals surface area contributed by atoms with Gasteiger partial charge in [-0.1, -0.05) is 85.3 Å². The number of hydrogen-bond acceptors (Lipinski definition) is 3. The molecule has 1 N–H and O–H groups in total. The first-order valence-electron chi connectivity index (χ1n) is 13.5. The van der Waals surface area contributed by atoms with E-state index >= 15 is 0 Å². The molecule has 1 aliphatic rings. The number of aromatic nitrogens is 1. The van der Waals surface area contributed by atoms with Crippen LogP contribution in [-0.2, 0) is 12.0 Å². The van der Waals surface area contributed by atoms with Crippen LogP contribution in [0.3, 0.4) is 0 Å². The molecule has 0 spiro atoms. The fourth-order valence-corrected chi connectivity index (χ4v) is 6.55. The Morgan fingerprint density at radius 3 is 2.58 bits per heavy atom. The maximum Gasteiger partial charge on any atom is 0.0843 e. The van der Waals surface area contributed by atoms with E-state index in [4.69, 9.17) is 16.6 Å². The normalized spacial score (nSPS) is 15.7. The Balaban J connectivity index is 1.36. The Morgan fingerprint density at radius 2 is 1.79 bits per heavy atom. The van der Waals surface area contributed by atoms with Gasteiger partial charge in [-0.05, 0) is 97.2 Å². The first-order chi connectivity index (χ1) is 18.2. The summed E-state index contributed by atoms with van der Waals surface area (Å²) in [6.07, 6.45) is 8.87. The van der Waals surface area contributed by atoms with Gasteiger partial charge in [0.1, 0.15) is 0 Å². The van der Waals surface area contributed by atoms with Crippen LogP contribution in [-0.4, -0.2) is 15.8 Å². The Morgan fingerprint density at radius 1 is 1.00 bits per heavy atom. The molecule has 5 rings (SSSR count). The summed E-state index contributed by atoms with van der Waals surface area (Å²) in [5, 5.41) is 12.9. The van der Waals surface area contributed by atoms with E-state index in [0.29, 0.717) is 15.7 Å². The second kappa shape index (κ2) is 11.3. The highest BCUT2D eigenvalue weighted by Crippen LogP contribution is 2.50. The molecule has 0 amide bonds. The van der Waals surface area contributed by atoms with Gasteiger partial charge in [-0.3, -0.25) is 0 Å². The lowest BCUT2D eigenvalue weighted by Gasteiger charge is -2.24. The van der Waals surface area contributed by atoms with Crippen LogP contribution in [0.1, 0.15) is 73.2 Å². The Labute approximate surface area is 236 Å². The predicted octanol–water partition coefficient (Wildman–Crippen LogP) is 9.49. The predicted molar refractivity (Wildman–Crippen MR) is 165 cm³/mol. The van der Waals surface area contributed by atoms with Gasteiger partial charge in [0, 0.05) is 15.7 Å². The van der Waals surface area contributed by atoms with E-state index in [1.807, 2.05) is 44.2 Å². The van der Waals surface area contributed by atoms with Gasteiger partial charge >= 0.3 is 0 Å². The molecule has 1 aliphatic carbocycles. The van der Waals surface area contributed by atoms with E-state index in [2.05, 4.69) is 79.4 Å². The fraction of sp³-hybridized carbons (Fsp3) is 0.324. The number of thioether (sulfide) groups is 1. The van der Waals surface area contributed by atoms with Crippen LogP contribution in [0.25, 0.3) is 23.1 Å². The van der Waals surface area contributed by atoms with Gasteiger partial charge in [-0.15, -0.1) is 0 Å². The van der Waals surface area contributed by atoms with Crippen molar-refractivity contribution in [3.63, 3.8) is 0 Å². The molecule has 0 aliphatic heterocycles. The zero-order valence-corrected chi connectivity index (χ0v) is 24.0. The number of aryl methyl sites for hydroxylation is 1. The molecular weight excluding hydrogens is 506 g/mol. The number of rotatable bonds is 10. The lowest BCUT2D eigenvalue weighted by atomic mass is 9.90. The first kappa shape index (κ1) is 27.0. The summed E-state index contributed by atoms with van der Waals surface area (Å²) in [5.41, 5.74) is 6.28. The van der Waals surface area contributed by atoms with Crippen molar-refractivity contribution in [2.45, 2.75) is 57.3 Å². The van der Waals surface area contributed by atoms with Crippen LogP contribution in [0.2, 0.25) is 5.02 Å². The van der Waals surface area contributed by atoms with Gasteiger partial charge in [0.25, 0.3) is 0 Å². The molecule has 4 aromatic rings. The van der Waals surface area contributed by atoms with Crippen molar-refractivity contribution in [2.75, 3.05) is 5.75 Å². The molecule has 1 saturated carbocycles. The van der Waals surface area contributed by atoms with Crippen LogP contribution >= 0.6 is 23.4 Å². The lowest BCUT2D eigenvalue weighted by Crippen LogP contribution is -2.18. The summed E-state index contributed by atoms with van der Waals surface area (Å²) in [7, 11) is 0. The summed E-state index contributed by atoms with van der Waals surface area (Å²) < 4.78 is 0. The summed E-state index contributed by atoms with van der Waals surface area (Å²) in [6, 6.07) is 27.2. The third kappa shape index (κ3) is 6.88. The van der Waals surface area contributed by atoms with Crippen molar-refractivity contribution in [3.05, 3.63) is 112 Å². The average molecular weight is 542 g/mol. The third-order valence-corrected chi connectivity index (χ3v) is 9.50. The van der Waals surface area contributed by atoms with Crippen molar-refractivity contribution in [1.82, 2.24) is 4.98 Å². The minimum Gasteiger partial charge on any atom is -0.386 e. The molecule has 38 heavy (non-hydrogen) atoms. The van der Waals surface area contributed by atoms with E-state index in [9.17, 15) is 5.11 Å². The smallest absolute Gasteiger partial charge is 0.0843 e. The number of pyridine rings is 1. The molecule has 0 bridgehead atoms. The number of nitrogens with zero attached hydrogens (tertiary/aromatic N) is 1.